The van der Waals surface area contributed by atoms with Crippen LogP contribution in [0.15, 0.2) is 60.0 Å². The summed E-state index contributed by atoms with van der Waals surface area (Å²) in [5.74, 6) is 2.36. The fraction of sp³-hybridized carbons (Fsp3) is 0.370. The van der Waals surface area contributed by atoms with Crippen LogP contribution in [0.2, 0.25) is 10.0 Å². The monoisotopic (exact) mass is 662 g/mol. The molecule has 2 aromatic heterocycles. The maximum Gasteiger partial charge on any atom is 0.387 e. The SMILES string of the molecule is O=COC(Cc1c(Cl)c[n+](O)cc1Cl)c1ccc(OC(F)F)c(OCC2CC2)c1.O=S(c1cccnc1)N1CCSC1. The lowest BCUT2D eigenvalue weighted by Gasteiger charge is -2.19. The van der Waals surface area contributed by atoms with Crippen molar-refractivity contribution < 1.29 is 41.9 Å². The predicted molar refractivity (Wildman–Crippen MR) is 153 cm³/mol. The van der Waals surface area contributed by atoms with E-state index in [2.05, 4.69) is 9.72 Å². The van der Waals surface area contributed by atoms with Crippen LogP contribution in [0.25, 0.3) is 0 Å². The number of aromatic nitrogens is 2. The van der Waals surface area contributed by atoms with E-state index in [-0.39, 0.29) is 34.4 Å². The molecule has 2 aliphatic rings. The van der Waals surface area contributed by atoms with Gasteiger partial charge in [0, 0.05) is 41.4 Å². The molecular formula is C27H28Cl2F2N3O6S2+. The normalized spacial score (nSPS) is 16.3. The lowest BCUT2D eigenvalue weighted by Crippen LogP contribution is -2.29. The minimum absolute atomic E-state index is 0.0916. The van der Waals surface area contributed by atoms with Gasteiger partial charge in [-0.2, -0.15) is 8.78 Å². The topological polar surface area (TPSA) is 102 Å². The summed E-state index contributed by atoms with van der Waals surface area (Å²) in [6, 6.07) is 7.99. The molecule has 2 unspecified atom stereocenters. The highest BCUT2D eigenvalue weighted by Gasteiger charge is 2.25. The van der Waals surface area contributed by atoms with E-state index in [0.717, 1.165) is 35.9 Å². The van der Waals surface area contributed by atoms with Crippen molar-refractivity contribution in [3.05, 3.63) is 76.3 Å². The first-order valence-corrected chi connectivity index (χ1v) is 15.8. The molecule has 2 atom stereocenters. The third-order valence-electron chi connectivity index (χ3n) is 6.20. The van der Waals surface area contributed by atoms with E-state index in [9.17, 15) is 23.0 Å². The number of rotatable bonds is 12. The summed E-state index contributed by atoms with van der Waals surface area (Å²) in [5.41, 5.74) is 0.927. The van der Waals surface area contributed by atoms with Gasteiger partial charge in [0.2, 0.25) is 12.4 Å². The van der Waals surface area contributed by atoms with Crippen molar-refractivity contribution in [3.63, 3.8) is 0 Å². The highest BCUT2D eigenvalue weighted by Crippen LogP contribution is 2.37. The van der Waals surface area contributed by atoms with Crippen molar-refractivity contribution in [1.29, 1.82) is 0 Å². The van der Waals surface area contributed by atoms with Crippen LogP contribution in [0.4, 0.5) is 8.78 Å². The Bertz CT molecular complexity index is 1350. The number of benzene rings is 1. The lowest BCUT2D eigenvalue weighted by atomic mass is 10.0. The number of alkyl halides is 2. The fourth-order valence-corrected chi connectivity index (χ4v) is 6.92. The van der Waals surface area contributed by atoms with Gasteiger partial charge in [0.25, 0.3) is 6.47 Å². The zero-order valence-corrected chi connectivity index (χ0v) is 25.3. The van der Waals surface area contributed by atoms with Crippen LogP contribution in [0.5, 0.6) is 11.5 Å². The van der Waals surface area contributed by atoms with Crippen LogP contribution in [0, 0.1) is 5.92 Å². The summed E-state index contributed by atoms with van der Waals surface area (Å²) in [7, 11) is -1.01. The van der Waals surface area contributed by atoms with E-state index in [1.165, 1.54) is 30.6 Å². The van der Waals surface area contributed by atoms with Crippen molar-refractivity contribution in [1.82, 2.24) is 9.29 Å². The van der Waals surface area contributed by atoms with Crippen molar-refractivity contribution >= 4 is 52.4 Å². The molecule has 0 bridgehead atoms. The molecular weight excluding hydrogens is 635 g/mol. The second-order valence-electron chi connectivity index (χ2n) is 9.26. The van der Waals surface area contributed by atoms with Crippen molar-refractivity contribution in [2.75, 3.05) is 24.8 Å². The Kier molecular flexibility index (Phi) is 12.0. The number of nitrogens with zero attached hydrogens (tertiary/aromatic N) is 3. The van der Waals surface area contributed by atoms with Crippen molar-refractivity contribution in [2.24, 2.45) is 5.92 Å². The average Bonchev–Trinajstić information content (AvgIpc) is 3.64. The second kappa shape index (κ2) is 15.7. The third kappa shape index (κ3) is 9.40. The number of ether oxygens (including phenoxy) is 3. The zero-order chi connectivity index (χ0) is 30.1. The number of halogens is 4. The van der Waals surface area contributed by atoms with Gasteiger partial charge >= 0.3 is 6.61 Å². The van der Waals surface area contributed by atoms with Gasteiger partial charge in [-0.1, -0.05) is 29.3 Å². The van der Waals surface area contributed by atoms with Gasteiger partial charge in [-0.25, -0.2) is 8.51 Å². The van der Waals surface area contributed by atoms with Crippen molar-refractivity contribution in [2.45, 2.75) is 36.9 Å². The Morgan fingerprint density at radius 3 is 2.57 bits per heavy atom. The van der Waals surface area contributed by atoms with E-state index in [0.29, 0.717) is 28.4 Å². The Labute approximate surface area is 258 Å². The van der Waals surface area contributed by atoms with Gasteiger partial charge in [-0.05, 0) is 48.6 Å². The van der Waals surface area contributed by atoms with Gasteiger partial charge < -0.3 is 14.2 Å². The van der Waals surface area contributed by atoms with Crippen molar-refractivity contribution in [3.8, 4) is 11.5 Å². The number of carbonyl (C=O) groups is 1. The number of hydrogen-bond donors (Lipinski definition) is 1. The quantitative estimate of drug-likeness (QED) is 0.155. The molecule has 2 fully saturated rings. The molecule has 1 saturated carbocycles. The second-order valence-corrected chi connectivity index (χ2v) is 12.6. The Hall–Kier alpha value is -2.71. The molecule has 15 heteroatoms. The first kappa shape index (κ1) is 32.2. The molecule has 0 amide bonds. The average molecular weight is 664 g/mol. The summed E-state index contributed by atoms with van der Waals surface area (Å²) in [6.45, 7) is -1.43. The molecule has 1 aliphatic carbocycles. The molecule has 1 N–H and O–H groups in total. The highest BCUT2D eigenvalue weighted by atomic mass is 35.5. The molecule has 0 radical (unpaired) electrons. The molecule has 5 rings (SSSR count). The predicted octanol–water partition coefficient (Wildman–Crippen LogP) is 5.48. The third-order valence-corrected chi connectivity index (χ3v) is 9.40. The van der Waals surface area contributed by atoms with Crippen LogP contribution in [0.3, 0.4) is 0 Å². The molecule has 3 heterocycles. The zero-order valence-electron chi connectivity index (χ0n) is 22.1. The molecule has 42 heavy (non-hydrogen) atoms. The van der Waals surface area contributed by atoms with E-state index < -0.39 is 23.7 Å². The summed E-state index contributed by atoms with van der Waals surface area (Å²) >= 11 is 14.1. The standard InChI is InChI=1S/C19H18Cl2F2NO5.C8H10N2OS2/c20-14-7-24(26)8-15(21)13(14)6-17(28-10-25)12-3-4-16(29-19(22)23)18(5-12)27-9-11-1-2-11;11-13(10-4-5-12-7-10)8-2-1-3-9-6-8/h3-5,7-8,10-11,17,19,26H,1-2,6,9H2;1-3,6H,4-5,7H2/q+1;. The molecule has 226 valence electrons. The first-order valence-electron chi connectivity index (χ1n) is 12.8. The van der Waals surface area contributed by atoms with Gasteiger partial charge in [0.15, 0.2) is 11.5 Å². The number of carbonyl (C=O) groups excluding carboxylic acids is 1. The Morgan fingerprint density at radius 1 is 1.21 bits per heavy atom. The van der Waals surface area contributed by atoms with Crippen LogP contribution in [0.1, 0.15) is 30.1 Å². The molecule has 1 saturated heterocycles. The highest BCUT2D eigenvalue weighted by molar-refractivity contribution is 8.00. The Balaban J connectivity index is 0.000000258. The number of thioether (sulfide) groups is 1. The van der Waals surface area contributed by atoms with E-state index in [1.54, 1.807) is 12.4 Å². The lowest BCUT2D eigenvalue weighted by molar-refractivity contribution is -0.904. The van der Waals surface area contributed by atoms with E-state index >= 15 is 0 Å². The van der Waals surface area contributed by atoms with Crippen LogP contribution >= 0.6 is 35.0 Å². The molecule has 1 aliphatic heterocycles. The smallest absolute Gasteiger partial charge is 0.387 e. The Morgan fingerprint density at radius 2 is 1.98 bits per heavy atom. The van der Waals surface area contributed by atoms with Gasteiger partial charge in [0.1, 0.15) is 27.1 Å². The summed E-state index contributed by atoms with van der Waals surface area (Å²) < 4.78 is 55.3. The van der Waals surface area contributed by atoms with Crippen LogP contribution in [-0.4, -0.2) is 56.6 Å². The minimum atomic E-state index is -3.00. The van der Waals surface area contributed by atoms with Gasteiger partial charge in [-0.15, -0.1) is 11.8 Å². The number of pyridine rings is 2. The first-order chi connectivity index (χ1) is 20.2. The molecule has 1 aromatic carbocycles. The fourth-order valence-electron chi connectivity index (χ4n) is 3.88. The van der Waals surface area contributed by atoms with Crippen LogP contribution < -0.4 is 14.2 Å². The largest absolute Gasteiger partial charge is 0.489 e. The molecule has 3 aromatic rings. The molecule has 0 spiro atoms. The van der Waals surface area contributed by atoms with Crippen LogP contribution in [-0.2, 0) is 26.9 Å². The summed E-state index contributed by atoms with van der Waals surface area (Å²) in [4.78, 5) is 15.8. The van der Waals surface area contributed by atoms with E-state index in [4.69, 9.17) is 32.7 Å². The minimum Gasteiger partial charge on any atom is -0.489 e. The maximum absolute atomic E-state index is 12.7. The maximum atomic E-state index is 12.7. The number of hydrogen-bond acceptors (Lipinski definition) is 8. The van der Waals surface area contributed by atoms with E-state index in [1.807, 2.05) is 28.2 Å². The molecule has 9 nitrogen and oxygen atoms in total. The van der Waals surface area contributed by atoms with Gasteiger partial charge in [0.05, 0.1) is 17.4 Å². The summed E-state index contributed by atoms with van der Waals surface area (Å²) in [6.07, 6.45) is 7.16. The summed E-state index contributed by atoms with van der Waals surface area (Å²) in [5, 5.41) is 9.83. The van der Waals surface area contributed by atoms with Gasteiger partial charge in [-0.3, -0.25) is 15.0 Å².